The average molecular weight is 352 g/mol. The summed E-state index contributed by atoms with van der Waals surface area (Å²) in [5.41, 5.74) is 1.07. The Morgan fingerprint density at radius 3 is 2.58 bits per heavy atom. The van der Waals surface area contributed by atoms with Crippen LogP contribution in [0.15, 0.2) is 24.3 Å². The first kappa shape index (κ1) is 16.8. The average Bonchev–Trinajstić information content (AvgIpc) is 3.14. The van der Waals surface area contributed by atoms with Gasteiger partial charge < -0.3 is 10.4 Å². The van der Waals surface area contributed by atoms with E-state index in [0.717, 1.165) is 0 Å². The van der Waals surface area contributed by atoms with Crippen molar-refractivity contribution in [2.24, 2.45) is 11.8 Å². The lowest BCUT2D eigenvalue weighted by molar-refractivity contribution is -0.141. The zero-order valence-corrected chi connectivity index (χ0v) is 14.0. The fraction of sp³-hybridized carbons (Fsp3) is 0.500. The number of nitrogens with one attached hydrogen (secondary N) is 1. The first-order chi connectivity index (χ1) is 11.4. The van der Waals surface area contributed by atoms with E-state index >= 15 is 0 Å². The standard InChI is InChI=1S/C16H20N2O5S/c19-15(11-5-6-12(9-11)16(20)21)17-13-3-1-4-14(10-13)18-7-2-8-24(18,22)23/h1,3-4,10-12H,2,5-9H2,(H,17,19)(H,20,21)/t11-,12+/m0/s1. The van der Waals surface area contributed by atoms with Gasteiger partial charge in [-0.1, -0.05) is 6.07 Å². The molecule has 7 nitrogen and oxygen atoms in total. The highest BCUT2D eigenvalue weighted by Gasteiger charge is 2.34. The maximum Gasteiger partial charge on any atom is 0.306 e. The molecule has 1 amide bonds. The number of carboxylic acids is 1. The van der Waals surface area contributed by atoms with E-state index in [1.165, 1.54) is 4.31 Å². The number of nitrogens with zero attached hydrogens (tertiary/aromatic N) is 1. The van der Waals surface area contributed by atoms with E-state index in [9.17, 15) is 18.0 Å². The van der Waals surface area contributed by atoms with Crippen LogP contribution in [0.3, 0.4) is 0 Å². The number of benzene rings is 1. The summed E-state index contributed by atoms with van der Waals surface area (Å²) in [5, 5.41) is 11.8. The van der Waals surface area contributed by atoms with E-state index < -0.39 is 21.9 Å². The third-order valence-electron chi connectivity index (χ3n) is 4.65. The van der Waals surface area contributed by atoms with Crippen LogP contribution in [0.5, 0.6) is 0 Å². The number of hydrogen-bond acceptors (Lipinski definition) is 4. The highest BCUT2D eigenvalue weighted by atomic mass is 32.2. The Hall–Kier alpha value is -2.09. The van der Waals surface area contributed by atoms with E-state index in [0.29, 0.717) is 43.6 Å². The van der Waals surface area contributed by atoms with Gasteiger partial charge in [-0.3, -0.25) is 13.9 Å². The number of rotatable bonds is 4. The van der Waals surface area contributed by atoms with E-state index in [1.807, 2.05) is 0 Å². The molecule has 0 bridgehead atoms. The minimum Gasteiger partial charge on any atom is -0.481 e. The van der Waals surface area contributed by atoms with Gasteiger partial charge >= 0.3 is 5.97 Å². The van der Waals surface area contributed by atoms with E-state index in [1.54, 1.807) is 24.3 Å². The van der Waals surface area contributed by atoms with Crippen LogP contribution in [0, 0.1) is 11.8 Å². The highest BCUT2D eigenvalue weighted by molar-refractivity contribution is 7.93. The topological polar surface area (TPSA) is 104 Å². The molecule has 1 heterocycles. The molecule has 8 heteroatoms. The number of sulfonamides is 1. The second-order valence-corrected chi connectivity index (χ2v) is 8.34. The monoisotopic (exact) mass is 352 g/mol. The zero-order chi connectivity index (χ0) is 17.3. The maximum atomic E-state index is 12.3. The summed E-state index contributed by atoms with van der Waals surface area (Å²) in [4.78, 5) is 23.3. The number of amides is 1. The molecule has 24 heavy (non-hydrogen) atoms. The Morgan fingerprint density at radius 1 is 1.21 bits per heavy atom. The molecule has 1 aliphatic heterocycles. The van der Waals surface area contributed by atoms with Crippen LogP contribution in [0.1, 0.15) is 25.7 Å². The van der Waals surface area contributed by atoms with Crippen LogP contribution in [-0.2, 0) is 19.6 Å². The fourth-order valence-corrected chi connectivity index (χ4v) is 4.91. The third-order valence-corrected chi connectivity index (χ3v) is 6.52. The number of hydrogen-bond donors (Lipinski definition) is 2. The van der Waals surface area contributed by atoms with E-state index in [4.69, 9.17) is 5.11 Å². The van der Waals surface area contributed by atoms with Gasteiger partial charge in [0.2, 0.25) is 15.9 Å². The maximum absolute atomic E-state index is 12.3. The molecule has 2 atom stereocenters. The molecule has 130 valence electrons. The van der Waals surface area contributed by atoms with Gasteiger partial charge in [0.05, 0.1) is 17.4 Å². The highest BCUT2D eigenvalue weighted by Crippen LogP contribution is 2.32. The van der Waals surface area contributed by atoms with Crippen molar-refractivity contribution in [2.45, 2.75) is 25.7 Å². The molecule has 0 unspecified atom stereocenters. The lowest BCUT2D eigenvalue weighted by Gasteiger charge is -2.18. The lowest BCUT2D eigenvalue weighted by Crippen LogP contribution is -2.25. The van der Waals surface area contributed by atoms with Crippen molar-refractivity contribution in [2.75, 3.05) is 21.9 Å². The summed E-state index contributed by atoms with van der Waals surface area (Å²) in [5.74, 6) is -1.69. The predicted molar refractivity (Wildman–Crippen MR) is 89.3 cm³/mol. The molecular weight excluding hydrogens is 332 g/mol. The van der Waals surface area contributed by atoms with Crippen LogP contribution < -0.4 is 9.62 Å². The Labute approximate surface area is 140 Å². The molecule has 1 aliphatic carbocycles. The molecule has 1 saturated carbocycles. The van der Waals surface area contributed by atoms with Crippen molar-refractivity contribution >= 4 is 33.3 Å². The molecule has 2 N–H and O–H groups in total. The van der Waals surface area contributed by atoms with Crippen molar-refractivity contribution < 1.29 is 23.1 Å². The van der Waals surface area contributed by atoms with Crippen LogP contribution in [0.25, 0.3) is 0 Å². The summed E-state index contributed by atoms with van der Waals surface area (Å²) >= 11 is 0. The van der Waals surface area contributed by atoms with Gasteiger partial charge in [0.25, 0.3) is 0 Å². The predicted octanol–water partition coefficient (Wildman–Crippen LogP) is 1.67. The van der Waals surface area contributed by atoms with E-state index in [2.05, 4.69) is 5.32 Å². The van der Waals surface area contributed by atoms with Crippen LogP contribution in [0.2, 0.25) is 0 Å². The van der Waals surface area contributed by atoms with Crippen LogP contribution in [-0.4, -0.2) is 37.7 Å². The molecule has 0 radical (unpaired) electrons. The smallest absolute Gasteiger partial charge is 0.306 e. The van der Waals surface area contributed by atoms with Gasteiger partial charge in [-0.15, -0.1) is 0 Å². The van der Waals surface area contributed by atoms with Gasteiger partial charge in [0, 0.05) is 18.2 Å². The zero-order valence-electron chi connectivity index (χ0n) is 13.1. The van der Waals surface area contributed by atoms with Crippen molar-refractivity contribution in [3.05, 3.63) is 24.3 Å². The number of anilines is 2. The first-order valence-corrected chi connectivity index (χ1v) is 9.62. The summed E-state index contributed by atoms with van der Waals surface area (Å²) in [7, 11) is -3.26. The van der Waals surface area contributed by atoms with Gasteiger partial charge in [-0.05, 0) is 43.9 Å². The van der Waals surface area contributed by atoms with Crippen molar-refractivity contribution in [3.63, 3.8) is 0 Å². The van der Waals surface area contributed by atoms with Crippen LogP contribution >= 0.6 is 0 Å². The normalized spacial score (nSPS) is 25.6. The minimum absolute atomic E-state index is 0.141. The Balaban J connectivity index is 1.69. The summed E-state index contributed by atoms with van der Waals surface area (Å²) in [6.45, 7) is 0.447. The molecule has 2 fully saturated rings. The Kier molecular flexibility index (Phi) is 4.49. The van der Waals surface area contributed by atoms with E-state index in [-0.39, 0.29) is 17.6 Å². The quantitative estimate of drug-likeness (QED) is 0.858. The number of aliphatic carboxylic acids is 1. The lowest BCUT2D eigenvalue weighted by atomic mass is 10.0. The molecule has 1 saturated heterocycles. The largest absolute Gasteiger partial charge is 0.481 e. The van der Waals surface area contributed by atoms with Gasteiger partial charge in [-0.2, -0.15) is 0 Å². The second kappa shape index (κ2) is 6.43. The van der Waals surface area contributed by atoms with Crippen LogP contribution in [0.4, 0.5) is 11.4 Å². The van der Waals surface area contributed by atoms with Crippen molar-refractivity contribution in [1.82, 2.24) is 0 Å². The van der Waals surface area contributed by atoms with Crippen molar-refractivity contribution in [1.29, 1.82) is 0 Å². The van der Waals surface area contributed by atoms with Gasteiger partial charge in [0.1, 0.15) is 0 Å². The summed E-state index contributed by atoms with van der Waals surface area (Å²) < 4.78 is 25.3. The SMILES string of the molecule is O=C(O)[C@@H]1CC[C@H](C(=O)Nc2cccc(N3CCCS3(=O)=O)c2)C1. The summed E-state index contributed by atoms with van der Waals surface area (Å²) in [6.07, 6.45) is 2.02. The third kappa shape index (κ3) is 3.38. The van der Waals surface area contributed by atoms with Gasteiger partial charge in [-0.25, -0.2) is 8.42 Å². The number of carbonyl (C=O) groups is 2. The molecule has 0 spiro atoms. The number of carbonyl (C=O) groups excluding carboxylic acids is 1. The molecule has 3 rings (SSSR count). The van der Waals surface area contributed by atoms with Gasteiger partial charge in [0.15, 0.2) is 0 Å². The first-order valence-electron chi connectivity index (χ1n) is 8.01. The molecule has 1 aromatic rings. The molecular formula is C16H20N2O5S. The second-order valence-electron chi connectivity index (χ2n) is 6.33. The minimum atomic E-state index is -3.26. The molecule has 2 aliphatic rings. The Morgan fingerprint density at radius 2 is 1.96 bits per heavy atom. The fourth-order valence-electron chi connectivity index (χ4n) is 3.36. The Bertz CT molecular complexity index is 761. The van der Waals surface area contributed by atoms with Crippen molar-refractivity contribution in [3.8, 4) is 0 Å². The number of carboxylic acid groups (broad SMARTS) is 1. The molecule has 0 aromatic heterocycles. The summed E-state index contributed by atoms with van der Waals surface area (Å²) in [6, 6.07) is 6.75. The molecule has 1 aromatic carbocycles.